The van der Waals surface area contributed by atoms with Crippen LogP contribution in [0.25, 0.3) is 11.4 Å². The molecule has 1 aliphatic rings. The van der Waals surface area contributed by atoms with Gasteiger partial charge in [-0.25, -0.2) is 4.98 Å². The fourth-order valence-electron chi connectivity index (χ4n) is 5.34. The van der Waals surface area contributed by atoms with Crippen molar-refractivity contribution >= 4 is 23.2 Å². The van der Waals surface area contributed by atoms with Crippen LogP contribution in [0.4, 0.5) is 0 Å². The smallest absolute Gasteiger partial charge is 0.139 e. The van der Waals surface area contributed by atoms with E-state index in [0.717, 1.165) is 61.5 Å². The van der Waals surface area contributed by atoms with Gasteiger partial charge in [-0.05, 0) is 49.1 Å². The van der Waals surface area contributed by atoms with Gasteiger partial charge in [0.25, 0.3) is 0 Å². The fourth-order valence-corrected chi connectivity index (χ4v) is 5.65. The van der Waals surface area contributed by atoms with Crippen LogP contribution in [0.5, 0.6) is 0 Å². The van der Waals surface area contributed by atoms with Gasteiger partial charge in [0, 0.05) is 43.5 Å². The predicted octanol–water partition coefficient (Wildman–Crippen LogP) is 7.01. The molecule has 1 saturated heterocycles. The van der Waals surface area contributed by atoms with Gasteiger partial charge in [0.2, 0.25) is 0 Å². The van der Waals surface area contributed by atoms with Gasteiger partial charge >= 0.3 is 0 Å². The Morgan fingerprint density at radius 3 is 2.36 bits per heavy atom. The van der Waals surface area contributed by atoms with E-state index in [2.05, 4.69) is 32.8 Å². The maximum absolute atomic E-state index is 12.0. The van der Waals surface area contributed by atoms with E-state index < -0.39 is 5.60 Å². The number of piperidine rings is 1. The average molecular weight is 521 g/mol. The van der Waals surface area contributed by atoms with Gasteiger partial charge in [0.15, 0.2) is 0 Å². The number of nitrogens with zero attached hydrogens (tertiary/aromatic N) is 3. The van der Waals surface area contributed by atoms with Crippen molar-refractivity contribution in [3.05, 3.63) is 112 Å². The summed E-state index contributed by atoms with van der Waals surface area (Å²) in [5.41, 5.74) is 2.17. The minimum atomic E-state index is -0.948. The van der Waals surface area contributed by atoms with Gasteiger partial charge in [0.05, 0.1) is 15.6 Å². The third kappa shape index (κ3) is 5.37. The number of aliphatic hydroxyl groups is 1. The zero-order valence-electron chi connectivity index (χ0n) is 20.2. The van der Waals surface area contributed by atoms with E-state index in [-0.39, 0.29) is 5.92 Å². The number of hydrogen-bond acceptors (Lipinski definition) is 3. The largest absolute Gasteiger partial charge is 0.384 e. The summed E-state index contributed by atoms with van der Waals surface area (Å²) in [6.07, 6.45) is 6.74. The normalized spacial score (nSPS) is 20.5. The van der Waals surface area contributed by atoms with E-state index in [1.807, 2.05) is 72.9 Å². The Bertz CT molecular complexity index is 1280. The highest BCUT2D eigenvalue weighted by molar-refractivity contribution is 6.42. The lowest BCUT2D eigenvalue weighted by molar-refractivity contribution is -0.0473. The Balaban J connectivity index is 1.26. The van der Waals surface area contributed by atoms with Crippen molar-refractivity contribution in [1.29, 1.82) is 0 Å². The Morgan fingerprint density at radius 2 is 1.61 bits per heavy atom. The third-order valence-corrected chi connectivity index (χ3v) is 8.06. The Hall–Kier alpha value is -2.63. The van der Waals surface area contributed by atoms with Crippen LogP contribution in [0.1, 0.15) is 36.3 Å². The number of imidazole rings is 1. The first kappa shape index (κ1) is 25.0. The number of benzene rings is 3. The second-order valence-corrected chi connectivity index (χ2v) is 10.4. The number of rotatable bonds is 8. The van der Waals surface area contributed by atoms with Gasteiger partial charge in [-0.1, -0.05) is 89.9 Å². The molecule has 1 aliphatic heterocycles. The molecule has 0 spiro atoms. The summed E-state index contributed by atoms with van der Waals surface area (Å²) < 4.78 is 2.23. The van der Waals surface area contributed by atoms with Crippen LogP contribution in [0, 0.1) is 0 Å². The lowest BCUT2D eigenvalue weighted by Crippen LogP contribution is -2.48. The molecular formula is C30H31Cl2N3O. The number of likely N-dealkylation sites (tertiary alicyclic amines) is 1. The van der Waals surface area contributed by atoms with Gasteiger partial charge in [-0.3, -0.25) is 0 Å². The molecule has 0 aliphatic carbocycles. The van der Waals surface area contributed by atoms with Gasteiger partial charge < -0.3 is 14.6 Å². The monoisotopic (exact) mass is 519 g/mol. The van der Waals surface area contributed by atoms with E-state index in [4.69, 9.17) is 23.2 Å². The molecule has 1 N–H and O–H groups in total. The van der Waals surface area contributed by atoms with Crippen LogP contribution in [-0.4, -0.2) is 39.2 Å². The average Bonchev–Trinajstić information content (AvgIpc) is 3.39. The van der Waals surface area contributed by atoms with Crippen LogP contribution in [0.3, 0.4) is 0 Å². The van der Waals surface area contributed by atoms with Gasteiger partial charge in [-0.2, -0.15) is 0 Å². The summed E-state index contributed by atoms with van der Waals surface area (Å²) in [7, 11) is 0. The molecule has 5 rings (SSSR count). The Kier molecular flexibility index (Phi) is 7.78. The molecule has 0 bridgehead atoms. The molecule has 1 aromatic heterocycles. The summed E-state index contributed by atoms with van der Waals surface area (Å²) in [5, 5.41) is 13.0. The molecular weight excluding hydrogens is 489 g/mol. The number of aryl methyl sites for hydroxylation is 1. The molecule has 4 nitrogen and oxygen atoms in total. The summed E-state index contributed by atoms with van der Waals surface area (Å²) in [5.74, 6) is 0.919. The highest BCUT2D eigenvalue weighted by Crippen LogP contribution is 2.44. The van der Waals surface area contributed by atoms with E-state index in [1.165, 1.54) is 0 Å². The molecule has 4 aromatic rings. The van der Waals surface area contributed by atoms with Crippen LogP contribution in [0.15, 0.2) is 91.3 Å². The fraction of sp³-hybridized carbons (Fsp3) is 0.300. The van der Waals surface area contributed by atoms with Gasteiger partial charge in [-0.15, -0.1) is 0 Å². The van der Waals surface area contributed by atoms with Crippen molar-refractivity contribution in [2.24, 2.45) is 0 Å². The van der Waals surface area contributed by atoms with Crippen LogP contribution in [-0.2, 0) is 12.1 Å². The first-order valence-electron chi connectivity index (χ1n) is 12.6. The molecule has 6 heteroatoms. The molecule has 2 unspecified atom stereocenters. The van der Waals surface area contributed by atoms with Crippen molar-refractivity contribution in [2.45, 2.75) is 37.3 Å². The standard InChI is InChI=1S/C30H31Cl2N3O/c31-27-14-13-24(21-28(27)32)26-22-34(19-15-30(26,36)25-11-5-2-6-12-25)17-7-8-18-35-20-16-33-29(35)23-9-3-1-4-10-23/h1-6,9-14,16,20-21,26,36H,7-8,15,17-19,22H2. The van der Waals surface area contributed by atoms with Gasteiger partial charge in [0.1, 0.15) is 5.82 Å². The Morgan fingerprint density at radius 1 is 0.889 bits per heavy atom. The zero-order chi connectivity index (χ0) is 25.0. The minimum absolute atomic E-state index is 0.0956. The van der Waals surface area contributed by atoms with E-state index in [0.29, 0.717) is 16.5 Å². The van der Waals surface area contributed by atoms with Crippen molar-refractivity contribution in [3.63, 3.8) is 0 Å². The SMILES string of the molecule is OC1(c2ccccc2)CCN(CCCCn2ccnc2-c2ccccc2)CC1c1ccc(Cl)c(Cl)c1. The first-order chi connectivity index (χ1) is 17.5. The first-order valence-corrected chi connectivity index (χ1v) is 13.3. The molecule has 36 heavy (non-hydrogen) atoms. The van der Waals surface area contributed by atoms with Crippen molar-refractivity contribution in [3.8, 4) is 11.4 Å². The van der Waals surface area contributed by atoms with E-state index in [9.17, 15) is 5.11 Å². The minimum Gasteiger partial charge on any atom is -0.384 e. The topological polar surface area (TPSA) is 41.3 Å². The zero-order valence-corrected chi connectivity index (χ0v) is 21.7. The van der Waals surface area contributed by atoms with Crippen LogP contribution < -0.4 is 0 Å². The molecule has 0 saturated carbocycles. The molecule has 0 amide bonds. The van der Waals surface area contributed by atoms with E-state index in [1.54, 1.807) is 0 Å². The summed E-state index contributed by atoms with van der Waals surface area (Å²) in [6, 6.07) is 26.1. The molecule has 2 atom stereocenters. The van der Waals surface area contributed by atoms with Crippen LogP contribution in [0.2, 0.25) is 10.0 Å². The summed E-state index contributed by atoms with van der Waals surface area (Å²) in [6.45, 7) is 3.54. The molecule has 1 fully saturated rings. The third-order valence-electron chi connectivity index (χ3n) is 7.32. The highest BCUT2D eigenvalue weighted by Gasteiger charge is 2.43. The molecule has 0 radical (unpaired) electrons. The Labute approximate surface area is 223 Å². The van der Waals surface area contributed by atoms with Crippen molar-refractivity contribution in [1.82, 2.24) is 14.5 Å². The maximum Gasteiger partial charge on any atom is 0.139 e. The lowest BCUT2D eigenvalue weighted by Gasteiger charge is -2.45. The second kappa shape index (κ2) is 11.2. The molecule has 186 valence electrons. The number of hydrogen-bond donors (Lipinski definition) is 1. The maximum atomic E-state index is 12.0. The van der Waals surface area contributed by atoms with Crippen molar-refractivity contribution in [2.75, 3.05) is 19.6 Å². The van der Waals surface area contributed by atoms with Crippen LogP contribution >= 0.6 is 23.2 Å². The number of unbranched alkanes of at least 4 members (excludes halogenated alkanes) is 1. The summed E-state index contributed by atoms with van der Waals surface area (Å²) in [4.78, 5) is 7.03. The number of halogens is 2. The molecule has 3 aromatic carbocycles. The number of aromatic nitrogens is 2. The highest BCUT2D eigenvalue weighted by atomic mass is 35.5. The second-order valence-electron chi connectivity index (χ2n) is 9.58. The predicted molar refractivity (Wildman–Crippen MR) is 147 cm³/mol. The van der Waals surface area contributed by atoms with Crippen molar-refractivity contribution < 1.29 is 5.11 Å². The summed E-state index contributed by atoms with van der Waals surface area (Å²) >= 11 is 12.6. The lowest BCUT2D eigenvalue weighted by atomic mass is 9.72. The quantitative estimate of drug-likeness (QED) is 0.254. The molecule has 2 heterocycles. The van der Waals surface area contributed by atoms with E-state index >= 15 is 0 Å².